The topological polar surface area (TPSA) is 66.8 Å². The summed E-state index contributed by atoms with van der Waals surface area (Å²) in [6, 6.07) is 14.7. The van der Waals surface area contributed by atoms with E-state index in [4.69, 9.17) is 4.74 Å². The highest BCUT2D eigenvalue weighted by Crippen LogP contribution is 2.37. The summed E-state index contributed by atoms with van der Waals surface area (Å²) >= 11 is 0. The Hall–Kier alpha value is -3.95. The molecule has 2 heterocycles. The molecule has 0 aliphatic carbocycles. The third-order valence-corrected chi connectivity index (χ3v) is 6.36. The average molecular weight is 515 g/mol. The van der Waals surface area contributed by atoms with Gasteiger partial charge in [-0.05, 0) is 48.9 Å². The van der Waals surface area contributed by atoms with Crippen molar-refractivity contribution in [3.63, 3.8) is 0 Å². The van der Waals surface area contributed by atoms with Crippen LogP contribution in [0.3, 0.4) is 0 Å². The minimum atomic E-state index is -4.46. The van der Waals surface area contributed by atoms with Gasteiger partial charge in [-0.15, -0.1) is 0 Å². The summed E-state index contributed by atoms with van der Waals surface area (Å²) in [4.78, 5) is 29.8. The molecule has 1 aliphatic heterocycles. The van der Waals surface area contributed by atoms with Gasteiger partial charge in [-0.25, -0.2) is 4.79 Å². The highest BCUT2D eigenvalue weighted by Gasteiger charge is 2.35. The highest BCUT2D eigenvalue weighted by atomic mass is 19.4. The van der Waals surface area contributed by atoms with Crippen molar-refractivity contribution in [1.29, 1.82) is 0 Å². The summed E-state index contributed by atoms with van der Waals surface area (Å²) in [5, 5.41) is 2.61. The number of aromatic nitrogens is 1. The van der Waals surface area contributed by atoms with Crippen molar-refractivity contribution in [2.45, 2.75) is 32.1 Å². The van der Waals surface area contributed by atoms with E-state index in [2.05, 4.69) is 9.88 Å². The van der Waals surface area contributed by atoms with Gasteiger partial charge in [0.25, 0.3) is 0 Å². The number of benzene rings is 2. The number of nitrogens with one attached hydrogen (secondary N) is 1. The second-order valence-electron chi connectivity index (χ2n) is 8.78. The summed E-state index contributed by atoms with van der Waals surface area (Å²) in [6.45, 7) is 3.08. The molecule has 0 bridgehead atoms. The molecule has 10 heteroatoms. The Bertz CT molecular complexity index is 1240. The molecule has 0 saturated heterocycles. The quantitative estimate of drug-likeness (QED) is 0.460. The van der Waals surface area contributed by atoms with Crippen LogP contribution in [0.4, 0.5) is 23.7 Å². The molecule has 4 rings (SSSR count). The van der Waals surface area contributed by atoms with Gasteiger partial charge in [0.1, 0.15) is 18.3 Å². The number of rotatable bonds is 7. The lowest BCUT2D eigenvalue weighted by Gasteiger charge is -2.38. The van der Waals surface area contributed by atoms with Gasteiger partial charge in [0, 0.05) is 42.8 Å². The zero-order chi connectivity index (χ0) is 26.6. The van der Waals surface area contributed by atoms with Gasteiger partial charge in [0.15, 0.2) is 0 Å². The molecule has 3 amide bonds. The van der Waals surface area contributed by atoms with Gasteiger partial charge < -0.3 is 24.4 Å². The van der Waals surface area contributed by atoms with Crippen LogP contribution in [-0.4, -0.2) is 53.0 Å². The van der Waals surface area contributed by atoms with Crippen molar-refractivity contribution < 1.29 is 27.5 Å². The minimum Gasteiger partial charge on any atom is -0.496 e. The zero-order valence-electron chi connectivity index (χ0n) is 20.7. The predicted octanol–water partition coefficient (Wildman–Crippen LogP) is 5.39. The first-order valence-electron chi connectivity index (χ1n) is 12.0. The van der Waals surface area contributed by atoms with Crippen molar-refractivity contribution in [1.82, 2.24) is 14.4 Å². The van der Waals surface area contributed by atoms with Crippen LogP contribution in [0, 0.1) is 0 Å². The van der Waals surface area contributed by atoms with Crippen LogP contribution in [0.2, 0.25) is 0 Å². The SMILES string of the molecule is CCCN(CC(=O)N1CCn2cccc2[C@H]1c1ccccc1OC)C(=O)Nc1ccc(C(F)(F)F)cc1. The lowest BCUT2D eigenvalue weighted by Crippen LogP contribution is -2.49. The van der Waals surface area contributed by atoms with E-state index in [1.807, 2.05) is 49.5 Å². The van der Waals surface area contributed by atoms with E-state index in [1.165, 1.54) is 17.0 Å². The Morgan fingerprint density at radius 3 is 2.46 bits per heavy atom. The van der Waals surface area contributed by atoms with E-state index in [0.29, 0.717) is 31.8 Å². The Kier molecular flexibility index (Phi) is 7.75. The van der Waals surface area contributed by atoms with Gasteiger partial charge in [0.2, 0.25) is 5.91 Å². The molecule has 2 aromatic carbocycles. The Morgan fingerprint density at radius 1 is 1.05 bits per heavy atom. The molecule has 0 spiro atoms. The third-order valence-electron chi connectivity index (χ3n) is 6.36. The first-order valence-corrected chi connectivity index (χ1v) is 12.0. The van der Waals surface area contributed by atoms with E-state index in [0.717, 1.165) is 23.4 Å². The molecule has 0 saturated carbocycles. The monoisotopic (exact) mass is 514 g/mol. The van der Waals surface area contributed by atoms with Crippen LogP contribution in [0.25, 0.3) is 0 Å². The summed E-state index contributed by atoms with van der Waals surface area (Å²) in [6.07, 6.45) is -1.89. The summed E-state index contributed by atoms with van der Waals surface area (Å²) in [5.41, 5.74) is 1.20. The number of methoxy groups -OCH3 is 1. The fraction of sp³-hybridized carbons (Fsp3) is 0.333. The number of nitrogens with zero attached hydrogens (tertiary/aromatic N) is 3. The number of ether oxygens (including phenoxy) is 1. The normalized spacial score (nSPS) is 15.2. The largest absolute Gasteiger partial charge is 0.496 e. The molecule has 1 aliphatic rings. The summed E-state index contributed by atoms with van der Waals surface area (Å²) < 4.78 is 46.3. The van der Waals surface area contributed by atoms with Gasteiger partial charge in [0.05, 0.1) is 12.7 Å². The maximum atomic E-state index is 13.6. The van der Waals surface area contributed by atoms with Crippen LogP contribution >= 0.6 is 0 Å². The molecule has 1 atom stereocenters. The fourth-order valence-electron chi connectivity index (χ4n) is 4.59. The second kappa shape index (κ2) is 11.0. The maximum Gasteiger partial charge on any atom is 0.416 e. The second-order valence-corrected chi connectivity index (χ2v) is 8.78. The van der Waals surface area contributed by atoms with Crippen molar-refractivity contribution in [3.8, 4) is 5.75 Å². The van der Waals surface area contributed by atoms with E-state index in [9.17, 15) is 22.8 Å². The Labute approximate surface area is 213 Å². The molecule has 0 fully saturated rings. The molecular formula is C27H29F3N4O3. The number of amides is 3. The van der Waals surface area contributed by atoms with Crippen LogP contribution in [0.15, 0.2) is 66.9 Å². The number of hydrogen-bond acceptors (Lipinski definition) is 3. The number of carbonyl (C=O) groups is 2. The molecule has 37 heavy (non-hydrogen) atoms. The Morgan fingerprint density at radius 2 is 1.78 bits per heavy atom. The van der Waals surface area contributed by atoms with Crippen molar-refractivity contribution in [2.24, 2.45) is 0 Å². The van der Waals surface area contributed by atoms with Gasteiger partial charge >= 0.3 is 12.2 Å². The van der Waals surface area contributed by atoms with Crippen LogP contribution in [0.1, 0.15) is 36.2 Å². The number of fused-ring (bicyclic) bond motifs is 1. The third kappa shape index (κ3) is 5.73. The number of hydrogen-bond donors (Lipinski definition) is 1. The predicted molar refractivity (Wildman–Crippen MR) is 133 cm³/mol. The number of alkyl halides is 3. The van der Waals surface area contributed by atoms with Crippen molar-refractivity contribution >= 4 is 17.6 Å². The molecule has 1 aromatic heterocycles. The van der Waals surface area contributed by atoms with E-state index in [1.54, 1.807) is 12.0 Å². The number of para-hydroxylation sites is 1. The highest BCUT2D eigenvalue weighted by molar-refractivity contribution is 5.92. The van der Waals surface area contributed by atoms with Gasteiger partial charge in [-0.2, -0.15) is 13.2 Å². The van der Waals surface area contributed by atoms with Gasteiger partial charge in [-0.1, -0.05) is 25.1 Å². The molecule has 3 aromatic rings. The first kappa shape index (κ1) is 26.1. The summed E-state index contributed by atoms with van der Waals surface area (Å²) in [7, 11) is 1.58. The molecule has 1 N–H and O–H groups in total. The van der Waals surface area contributed by atoms with E-state index >= 15 is 0 Å². The van der Waals surface area contributed by atoms with Crippen molar-refractivity contribution in [2.75, 3.05) is 32.1 Å². The molecular weight excluding hydrogens is 485 g/mol. The standard InChI is InChI=1S/C27H29F3N4O3/c1-3-14-33(26(36)31-20-12-10-19(11-13-20)27(28,29)30)18-24(35)34-17-16-32-15-6-8-22(32)25(34)21-7-4-5-9-23(21)37-2/h4-13,15,25H,3,14,16-18H2,1-2H3,(H,31,36)/t25-/m1/s1. The average Bonchev–Trinajstić information content (AvgIpc) is 3.36. The van der Waals surface area contributed by atoms with Crippen molar-refractivity contribution in [3.05, 3.63) is 83.7 Å². The first-order chi connectivity index (χ1) is 17.7. The molecule has 196 valence electrons. The fourth-order valence-corrected chi connectivity index (χ4v) is 4.59. The van der Waals surface area contributed by atoms with Crippen LogP contribution < -0.4 is 10.1 Å². The number of carbonyl (C=O) groups excluding carboxylic acids is 2. The zero-order valence-corrected chi connectivity index (χ0v) is 20.7. The lowest BCUT2D eigenvalue weighted by atomic mass is 9.98. The van der Waals surface area contributed by atoms with Crippen LogP contribution in [0.5, 0.6) is 5.75 Å². The molecule has 7 nitrogen and oxygen atoms in total. The number of urea groups is 1. The van der Waals surface area contributed by atoms with Gasteiger partial charge in [-0.3, -0.25) is 4.79 Å². The maximum absolute atomic E-state index is 13.6. The number of anilines is 1. The van der Waals surface area contributed by atoms with Crippen LogP contribution in [-0.2, 0) is 17.5 Å². The smallest absolute Gasteiger partial charge is 0.416 e. The molecule has 0 unspecified atom stereocenters. The lowest BCUT2D eigenvalue weighted by molar-refractivity contribution is -0.137. The van der Waals surface area contributed by atoms with E-state index in [-0.39, 0.29) is 18.1 Å². The number of halogens is 3. The van der Waals surface area contributed by atoms with E-state index < -0.39 is 23.8 Å². The molecule has 0 radical (unpaired) electrons. The Balaban J connectivity index is 1.54. The summed E-state index contributed by atoms with van der Waals surface area (Å²) in [5.74, 6) is 0.421. The minimum absolute atomic E-state index is 0.174.